The van der Waals surface area contributed by atoms with Crippen molar-refractivity contribution in [3.8, 4) is 11.5 Å². The van der Waals surface area contributed by atoms with Crippen molar-refractivity contribution in [2.24, 2.45) is 0 Å². The predicted octanol–water partition coefficient (Wildman–Crippen LogP) is 2.81. The number of aliphatic hydroxyl groups excluding tert-OH is 2. The molecule has 1 aliphatic carbocycles. The Hall–Kier alpha value is -0.0831. The van der Waals surface area contributed by atoms with Gasteiger partial charge in [-0.3, -0.25) is 0 Å². The standard InChI is InChI=1S/C13H21BrO2Si/c1-17(2,3)9-8-12(15)13(16)10-6-4-5-7-11(10)14/h12-13,15-16H,4-7H2,1-3H3/t12-,13-/m0/s1. The van der Waals surface area contributed by atoms with Gasteiger partial charge < -0.3 is 10.2 Å². The van der Waals surface area contributed by atoms with Gasteiger partial charge in [-0.15, -0.1) is 5.54 Å². The molecular formula is C13H21BrO2Si. The Morgan fingerprint density at radius 1 is 1.18 bits per heavy atom. The molecule has 0 spiro atoms. The summed E-state index contributed by atoms with van der Waals surface area (Å²) in [4.78, 5) is 0. The predicted molar refractivity (Wildman–Crippen MR) is 77.6 cm³/mol. The first kappa shape index (κ1) is 15.0. The zero-order chi connectivity index (χ0) is 13.1. The van der Waals surface area contributed by atoms with Crippen molar-refractivity contribution in [2.45, 2.75) is 57.5 Å². The molecule has 0 unspecified atom stereocenters. The highest BCUT2D eigenvalue weighted by Gasteiger charge is 2.23. The van der Waals surface area contributed by atoms with Gasteiger partial charge in [0.1, 0.15) is 20.3 Å². The summed E-state index contributed by atoms with van der Waals surface area (Å²) >= 11 is 3.48. The van der Waals surface area contributed by atoms with E-state index >= 15 is 0 Å². The van der Waals surface area contributed by atoms with Crippen LogP contribution >= 0.6 is 15.9 Å². The van der Waals surface area contributed by atoms with Crippen LogP contribution in [0.25, 0.3) is 0 Å². The van der Waals surface area contributed by atoms with Crippen LogP contribution in [0, 0.1) is 11.5 Å². The van der Waals surface area contributed by atoms with Crippen LogP contribution in [0.4, 0.5) is 0 Å². The summed E-state index contributed by atoms with van der Waals surface area (Å²) in [7, 11) is -1.49. The fraction of sp³-hybridized carbons (Fsp3) is 0.692. The molecule has 0 heterocycles. The molecule has 0 aromatic carbocycles. The van der Waals surface area contributed by atoms with E-state index in [4.69, 9.17) is 0 Å². The fourth-order valence-electron chi connectivity index (χ4n) is 1.76. The Labute approximate surface area is 113 Å². The summed E-state index contributed by atoms with van der Waals surface area (Å²) in [6.45, 7) is 6.36. The van der Waals surface area contributed by atoms with Crippen molar-refractivity contribution in [3.63, 3.8) is 0 Å². The van der Waals surface area contributed by atoms with Gasteiger partial charge in [-0.1, -0.05) is 41.5 Å². The Morgan fingerprint density at radius 2 is 1.76 bits per heavy atom. The van der Waals surface area contributed by atoms with Gasteiger partial charge in [0.25, 0.3) is 0 Å². The third kappa shape index (κ3) is 4.97. The molecule has 0 aromatic heterocycles. The first-order valence-electron chi connectivity index (χ1n) is 6.07. The molecule has 0 amide bonds. The van der Waals surface area contributed by atoms with Crippen LogP contribution < -0.4 is 0 Å². The van der Waals surface area contributed by atoms with Crippen LogP contribution in [0.2, 0.25) is 19.6 Å². The van der Waals surface area contributed by atoms with Crippen molar-refractivity contribution in [2.75, 3.05) is 0 Å². The van der Waals surface area contributed by atoms with E-state index < -0.39 is 20.3 Å². The van der Waals surface area contributed by atoms with Crippen LogP contribution in [0.1, 0.15) is 25.7 Å². The number of allylic oxidation sites excluding steroid dienone is 1. The van der Waals surface area contributed by atoms with Gasteiger partial charge in [0, 0.05) is 0 Å². The summed E-state index contributed by atoms with van der Waals surface area (Å²) in [5.74, 6) is 2.80. The third-order valence-electron chi connectivity index (χ3n) is 2.69. The quantitative estimate of drug-likeness (QED) is 0.607. The average molecular weight is 317 g/mol. The van der Waals surface area contributed by atoms with E-state index in [0.717, 1.165) is 35.7 Å². The summed E-state index contributed by atoms with van der Waals surface area (Å²) in [5.41, 5.74) is 4.02. The lowest BCUT2D eigenvalue weighted by Crippen LogP contribution is -2.29. The maximum absolute atomic E-state index is 10.1. The Balaban J connectivity index is 2.75. The van der Waals surface area contributed by atoms with Gasteiger partial charge in [0.05, 0.1) is 0 Å². The Bertz CT molecular complexity index is 360. The maximum atomic E-state index is 10.1. The van der Waals surface area contributed by atoms with Gasteiger partial charge >= 0.3 is 0 Å². The van der Waals surface area contributed by atoms with E-state index in [1.54, 1.807) is 0 Å². The second kappa shape index (κ2) is 6.19. The van der Waals surface area contributed by atoms with E-state index in [-0.39, 0.29) is 0 Å². The van der Waals surface area contributed by atoms with Crippen molar-refractivity contribution in [1.29, 1.82) is 0 Å². The zero-order valence-electron chi connectivity index (χ0n) is 10.8. The zero-order valence-corrected chi connectivity index (χ0v) is 13.3. The molecule has 4 heteroatoms. The van der Waals surface area contributed by atoms with Gasteiger partial charge in [-0.05, 0) is 35.7 Å². The SMILES string of the molecule is C[Si](C)(C)C#C[C@H](O)[C@@H](O)C1=C(Br)CCCC1. The van der Waals surface area contributed by atoms with E-state index in [0.29, 0.717) is 0 Å². The monoisotopic (exact) mass is 316 g/mol. The van der Waals surface area contributed by atoms with E-state index in [1.807, 2.05) is 0 Å². The second-order valence-corrected chi connectivity index (χ2v) is 11.3. The first-order chi connectivity index (χ1) is 7.81. The largest absolute Gasteiger partial charge is 0.385 e. The van der Waals surface area contributed by atoms with Crippen molar-refractivity contribution in [3.05, 3.63) is 10.1 Å². The molecular weight excluding hydrogens is 296 g/mol. The minimum atomic E-state index is -1.49. The molecule has 0 aromatic rings. The number of aliphatic hydroxyl groups is 2. The molecule has 1 aliphatic rings. The topological polar surface area (TPSA) is 40.5 Å². The average Bonchev–Trinajstić information content (AvgIpc) is 2.24. The normalized spacial score (nSPS) is 20.6. The molecule has 2 nitrogen and oxygen atoms in total. The van der Waals surface area contributed by atoms with E-state index in [9.17, 15) is 10.2 Å². The summed E-state index contributed by atoms with van der Waals surface area (Å²) < 4.78 is 1.05. The number of hydrogen-bond acceptors (Lipinski definition) is 2. The Kier molecular flexibility index (Phi) is 5.45. The molecule has 1 rings (SSSR count). The van der Waals surface area contributed by atoms with Crippen LogP contribution in [0.5, 0.6) is 0 Å². The lowest BCUT2D eigenvalue weighted by molar-refractivity contribution is 0.0756. The fourth-order valence-corrected chi connectivity index (χ4v) is 3.05. The van der Waals surface area contributed by atoms with Gasteiger partial charge in [-0.25, -0.2) is 0 Å². The molecule has 2 atom stereocenters. The highest BCUT2D eigenvalue weighted by atomic mass is 79.9. The Morgan fingerprint density at radius 3 is 2.29 bits per heavy atom. The number of hydrogen-bond donors (Lipinski definition) is 2. The van der Waals surface area contributed by atoms with Crippen molar-refractivity contribution in [1.82, 2.24) is 0 Å². The molecule has 0 fully saturated rings. The van der Waals surface area contributed by atoms with E-state index in [2.05, 4.69) is 47.0 Å². The molecule has 0 radical (unpaired) electrons. The minimum absolute atomic E-state index is 0.839. The first-order valence-corrected chi connectivity index (χ1v) is 10.4. The highest BCUT2D eigenvalue weighted by Crippen LogP contribution is 2.31. The molecule has 0 saturated heterocycles. The smallest absolute Gasteiger partial charge is 0.143 e. The van der Waals surface area contributed by atoms with Gasteiger partial charge in [0.15, 0.2) is 0 Å². The third-order valence-corrected chi connectivity index (χ3v) is 4.49. The van der Waals surface area contributed by atoms with Crippen LogP contribution in [0.3, 0.4) is 0 Å². The summed E-state index contributed by atoms with van der Waals surface area (Å²) in [5, 5.41) is 20.0. The van der Waals surface area contributed by atoms with E-state index in [1.165, 1.54) is 0 Å². The van der Waals surface area contributed by atoms with Crippen molar-refractivity contribution >= 4 is 24.0 Å². The summed E-state index contributed by atoms with van der Waals surface area (Å²) in [6.07, 6.45) is 2.24. The molecule has 0 bridgehead atoms. The summed E-state index contributed by atoms with van der Waals surface area (Å²) in [6, 6.07) is 0. The second-order valence-electron chi connectivity index (χ2n) is 5.55. The molecule has 96 valence electrons. The number of halogens is 1. The van der Waals surface area contributed by atoms with Gasteiger partial charge in [0.2, 0.25) is 0 Å². The molecule has 17 heavy (non-hydrogen) atoms. The van der Waals surface area contributed by atoms with Crippen molar-refractivity contribution < 1.29 is 10.2 Å². The van der Waals surface area contributed by atoms with Crippen LogP contribution in [-0.2, 0) is 0 Å². The highest BCUT2D eigenvalue weighted by molar-refractivity contribution is 9.11. The number of rotatable bonds is 2. The van der Waals surface area contributed by atoms with Crippen LogP contribution in [0.15, 0.2) is 10.1 Å². The maximum Gasteiger partial charge on any atom is 0.143 e. The molecule has 0 aliphatic heterocycles. The molecule has 2 N–H and O–H groups in total. The van der Waals surface area contributed by atoms with Gasteiger partial charge in [-0.2, -0.15) is 0 Å². The lowest BCUT2D eigenvalue weighted by atomic mass is 9.93. The van der Waals surface area contributed by atoms with Crippen LogP contribution in [-0.4, -0.2) is 30.5 Å². The lowest BCUT2D eigenvalue weighted by Gasteiger charge is -2.23. The minimum Gasteiger partial charge on any atom is -0.385 e. The molecule has 0 saturated carbocycles.